The van der Waals surface area contributed by atoms with E-state index in [4.69, 9.17) is 4.74 Å². The molecular formula is C20H21BrN2O4. The summed E-state index contributed by atoms with van der Waals surface area (Å²) in [6, 6.07) is 8.97. The standard InChI is InChI=1S/C20H21BrN2O4/c1-20(2,3)27-19(26)22-10-5-11-23-17(24)13-7-4-6-12-15(21)9-8-14(16(12)13)18(23)25/h4,6-9H,5,10-11H2,1-3H3,(H,22,26). The zero-order chi connectivity index (χ0) is 19.8. The molecule has 0 saturated heterocycles. The molecule has 7 heteroatoms. The fourth-order valence-electron chi connectivity index (χ4n) is 3.06. The van der Waals surface area contributed by atoms with Gasteiger partial charge < -0.3 is 10.1 Å². The molecule has 0 atom stereocenters. The molecular weight excluding hydrogens is 412 g/mol. The molecule has 0 bridgehead atoms. The molecule has 6 nitrogen and oxygen atoms in total. The number of alkyl carbamates (subject to hydrolysis) is 1. The van der Waals surface area contributed by atoms with Crippen LogP contribution in [-0.4, -0.2) is 41.5 Å². The van der Waals surface area contributed by atoms with Gasteiger partial charge in [-0.05, 0) is 50.8 Å². The first-order valence-corrected chi connectivity index (χ1v) is 9.52. The molecule has 0 saturated carbocycles. The lowest BCUT2D eigenvalue weighted by molar-refractivity contribution is 0.0525. The minimum absolute atomic E-state index is 0.222. The molecule has 3 rings (SSSR count). The van der Waals surface area contributed by atoms with Gasteiger partial charge in [-0.3, -0.25) is 14.5 Å². The van der Waals surface area contributed by atoms with E-state index in [0.29, 0.717) is 29.5 Å². The number of benzene rings is 2. The van der Waals surface area contributed by atoms with Gasteiger partial charge in [0.15, 0.2) is 0 Å². The number of carbonyl (C=O) groups is 3. The van der Waals surface area contributed by atoms with Crippen LogP contribution in [0.4, 0.5) is 4.79 Å². The van der Waals surface area contributed by atoms with E-state index in [9.17, 15) is 14.4 Å². The summed E-state index contributed by atoms with van der Waals surface area (Å²) >= 11 is 3.47. The van der Waals surface area contributed by atoms with E-state index in [1.165, 1.54) is 4.90 Å². The van der Waals surface area contributed by atoms with Crippen molar-refractivity contribution in [1.82, 2.24) is 10.2 Å². The lowest BCUT2D eigenvalue weighted by Gasteiger charge is -2.27. The molecule has 142 valence electrons. The molecule has 0 radical (unpaired) electrons. The van der Waals surface area contributed by atoms with Crippen LogP contribution in [0.25, 0.3) is 10.8 Å². The van der Waals surface area contributed by atoms with Crippen molar-refractivity contribution in [2.75, 3.05) is 13.1 Å². The molecule has 0 fully saturated rings. The third kappa shape index (κ3) is 3.98. The van der Waals surface area contributed by atoms with Gasteiger partial charge in [0.05, 0.1) is 0 Å². The smallest absolute Gasteiger partial charge is 0.407 e. The van der Waals surface area contributed by atoms with E-state index in [0.717, 1.165) is 9.86 Å². The summed E-state index contributed by atoms with van der Waals surface area (Å²) in [6.07, 6.45) is -0.0720. The highest BCUT2D eigenvalue weighted by Gasteiger charge is 2.32. The van der Waals surface area contributed by atoms with Crippen LogP contribution >= 0.6 is 15.9 Å². The summed E-state index contributed by atoms with van der Waals surface area (Å²) in [6.45, 7) is 5.89. The number of hydrogen-bond acceptors (Lipinski definition) is 4. The van der Waals surface area contributed by atoms with Gasteiger partial charge in [-0.2, -0.15) is 0 Å². The Kier molecular flexibility index (Phi) is 5.24. The van der Waals surface area contributed by atoms with Gasteiger partial charge in [-0.1, -0.05) is 28.1 Å². The average Bonchev–Trinajstić information content (AvgIpc) is 2.58. The first-order chi connectivity index (χ1) is 12.7. The lowest BCUT2D eigenvalue weighted by atomic mass is 9.94. The predicted octanol–water partition coefficient (Wildman–Crippen LogP) is 4.11. The first-order valence-electron chi connectivity index (χ1n) is 8.73. The summed E-state index contributed by atoms with van der Waals surface area (Å²) in [7, 11) is 0. The van der Waals surface area contributed by atoms with E-state index in [1.807, 2.05) is 18.2 Å². The highest BCUT2D eigenvalue weighted by molar-refractivity contribution is 9.10. The molecule has 0 unspecified atom stereocenters. The van der Waals surface area contributed by atoms with E-state index in [1.54, 1.807) is 32.9 Å². The summed E-state index contributed by atoms with van der Waals surface area (Å²) < 4.78 is 6.01. The van der Waals surface area contributed by atoms with Crippen LogP contribution in [-0.2, 0) is 4.74 Å². The Balaban J connectivity index is 1.70. The van der Waals surface area contributed by atoms with Crippen LogP contribution in [0.1, 0.15) is 47.9 Å². The number of ether oxygens (including phenoxy) is 1. The van der Waals surface area contributed by atoms with E-state index in [-0.39, 0.29) is 18.4 Å². The fourth-order valence-corrected chi connectivity index (χ4v) is 3.52. The molecule has 27 heavy (non-hydrogen) atoms. The van der Waals surface area contributed by atoms with E-state index in [2.05, 4.69) is 21.2 Å². The van der Waals surface area contributed by atoms with Gasteiger partial charge in [-0.25, -0.2) is 4.79 Å². The molecule has 2 aromatic carbocycles. The summed E-state index contributed by atoms with van der Waals surface area (Å²) in [5.41, 5.74) is 0.464. The second kappa shape index (κ2) is 7.31. The maximum absolute atomic E-state index is 12.8. The largest absolute Gasteiger partial charge is 0.444 e. The molecule has 3 amide bonds. The van der Waals surface area contributed by atoms with Crippen LogP contribution < -0.4 is 5.32 Å². The molecule has 2 aromatic rings. The Morgan fingerprint density at radius 1 is 1.11 bits per heavy atom. The average molecular weight is 433 g/mol. The number of halogens is 1. The Bertz CT molecular complexity index is 911. The minimum atomic E-state index is -0.570. The quantitative estimate of drug-likeness (QED) is 0.582. The molecule has 1 aliphatic heterocycles. The number of imide groups is 1. The first kappa shape index (κ1) is 19.4. The number of amides is 3. The zero-order valence-electron chi connectivity index (χ0n) is 15.5. The summed E-state index contributed by atoms with van der Waals surface area (Å²) in [4.78, 5) is 38.6. The van der Waals surface area contributed by atoms with Crippen LogP contribution in [0, 0.1) is 0 Å². The van der Waals surface area contributed by atoms with Crippen molar-refractivity contribution in [1.29, 1.82) is 0 Å². The van der Waals surface area contributed by atoms with Gasteiger partial charge in [0.2, 0.25) is 0 Å². The Morgan fingerprint density at radius 3 is 2.44 bits per heavy atom. The third-order valence-corrected chi connectivity index (χ3v) is 4.86. The lowest BCUT2D eigenvalue weighted by Crippen LogP contribution is -2.42. The van der Waals surface area contributed by atoms with Crippen molar-refractivity contribution < 1.29 is 19.1 Å². The third-order valence-electron chi connectivity index (χ3n) is 4.17. The maximum atomic E-state index is 12.8. The second-order valence-corrected chi connectivity index (χ2v) is 8.22. The number of rotatable bonds is 4. The van der Waals surface area contributed by atoms with Crippen molar-refractivity contribution in [3.63, 3.8) is 0 Å². The highest BCUT2D eigenvalue weighted by Crippen LogP contribution is 2.34. The summed E-state index contributed by atoms with van der Waals surface area (Å²) in [5.74, 6) is -0.623. The molecule has 0 aromatic heterocycles. The Morgan fingerprint density at radius 2 is 1.78 bits per heavy atom. The molecule has 1 heterocycles. The van der Waals surface area contributed by atoms with Gasteiger partial charge >= 0.3 is 6.09 Å². The minimum Gasteiger partial charge on any atom is -0.444 e. The van der Waals surface area contributed by atoms with Gasteiger partial charge in [0.25, 0.3) is 11.8 Å². The van der Waals surface area contributed by atoms with Crippen molar-refractivity contribution in [2.45, 2.75) is 32.8 Å². The number of hydrogen-bond donors (Lipinski definition) is 1. The van der Waals surface area contributed by atoms with Crippen LogP contribution in [0.3, 0.4) is 0 Å². The SMILES string of the molecule is CC(C)(C)OC(=O)NCCCN1C(=O)c2cccc3c(Br)ccc(c23)C1=O. The molecule has 0 aliphatic carbocycles. The molecule has 1 aliphatic rings. The van der Waals surface area contributed by atoms with Crippen LogP contribution in [0.2, 0.25) is 0 Å². The zero-order valence-corrected chi connectivity index (χ0v) is 17.1. The topological polar surface area (TPSA) is 75.7 Å². The van der Waals surface area contributed by atoms with Crippen molar-refractivity contribution in [3.8, 4) is 0 Å². The van der Waals surface area contributed by atoms with Gasteiger partial charge in [-0.15, -0.1) is 0 Å². The predicted molar refractivity (Wildman–Crippen MR) is 106 cm³/mol. The summed E-state index contributed by atoms with van der Waals surface area (Å²) in [5, 5.41) is 4.17. The van der Waals surface area contributed by atoms with E-state index < -0.39 is 11.7 Å². The molecule has 0 spiro atoms. The highest BCUT2D eigenvalue weighted by atomic mass is 79.9. The second-order valence-electron chi connectivity index (χ2n) is 7.37. The molecule has 1 N–H and O–H groups in total. The number of carbonyl (C=O) groups excluding carboxylic acids is 3. The fraction of sp³-hybridized carbons (Fsp3) is 0.350. The number of nitrogens with zero attached hydrogens (tertiary/aromatic N) is 1. The van der Waals surface area contributed by atoms with Crippen molar-refractivity contribution >= 4 is 44.6 Å². The van der Waals surface area contributed by atoms with Crippen LogP contribution in [0.5, 0.6) is 0 Å². The normalized spacial score (nSPS) is 13.9. The van der Waals surface area contributed by atoms with Gasteiger partial charge in [0, 0.05) is 34.1 Å². The van der Waals surface area contributed by atoms with Crippen molar-refractivity contribution in [2.24, 2.45) is 0 Å². The monoisotopic (exact) mass is 432 g/mol. The Hall–Kier alpha value is -2.41. The van der Waals surface area contributed by atoms with Gasteiger partial charge in [0.1, 0.15) is 5.60 Å². The van der Waals surface area contributed by atoms with Crippen molar-refractivity contribution in [3.05, 3.63) is 45.9 Å². The maximum Gasteiger partial charge on any atom is 0.407 e. The Labute approximate surface area is 166 Å². The van der Waals surface area contributed by atoms with Crippen LogP contribution in [0.15, 0.2) is 34.8 Å². The van der Waals surface area contributed by atoms with E-state index >= 15 is 0 Å². The number of nitrogens with one attached hydrogen (secondary N) is 1.